The Morgan fingerprint density at radius 2 is 1.87 bits per heavy atom. The van der Waals surface area contributed by atoms with Crippen molar-refractivity contribution in [2.75, 3.05) is 7.11 Å². The molecule has 0 saturated heterocycles. The van der Waals surface area contributed by atoms with Crippen molar-refractivity contribution in [2.24, 2.45) is 0 Å². The highest BCUT2D eigenvalue weighted by molar-refractivity contribution is 6.35. The molecule has 7 heteroatoms. The number of carbonyl (C=O) groups excluding carboxylic acids is 2. The monoisotopic (exact) mass is 450 g/mol. The smallest absolute Gasteiger partial charge is 0.243 e. The van der Waals surface area contributed by atoms with Crippen molar-refractivity contribution in [1.82, 2.24) is 10.2 Å². The number of amides is 2. The SMILES string of the molecule is CC[C@H](C(=O)NC(C)C)N(Cc1cccc(OC)c1)C(=O)Cc1ccc(Cl)cc1Cl. The zero-order chi connectivity index (χ0) is 22.3. The Kier molecular flexibility index (Phi) is 9.00. The van der Waals surface area contributed by atoms with E-state index in [1.54, 1.807) is 30.2 Å². The molecule has 162 valence electrons. The minimum atomic E-state index is -0.600. The second-order valence-electron chi connectivity index (χ2n) is 7.37. The minimum absolute atomic E-state index is 0.0222. The lowest BCUT2D eigenvalue weighted by atomic mass is 10.1. The molecule has 0 saturated carbocycles. The molecule has 0 heterocycles. The van der Waals surface area contributed by atoms with Crippen LogP contribution in [0, 0.1) is 0 Å². The first kappa shape index (κ1) is 24.0. The number of nitrogens with zero attached hydrogens (tertiary/aromatic N) is 1. The number of halogens is 2. The normalized spacial score (nSPS) is 11.8. The van der Waals surface area contributed by atoms with E-state index >= 15 is 0 Å². The number of rotatable bonds is 9. The average Bonchev–Trinajstić information content (AvgIpc) is 2.69. The molecule has 1 N–H and O–H groups in total. The molecule has 2 amide bonds. The van der Waals surface area contributed by atoms with Crippen LogP contribution in [0.3, 0.4) is 0 Å². The van der Waals surface area contributed by atoms with Crippen molar-refractivity contribution in [3.05, 3.63) is 63.6 Å². The fourth-order valence-electron chi connectivity index (χ4n) is 3.20. The average molecular weight is 451 g/mol. The summed E-state index contributed by atoms with van der Waals surface area (Å²) in [5.74, 6) is 0.332. The summed E-state index contributed by atoms with van der Waals surface area (Å²) in [6, 6.07) is 11.9. The van der Waals surface area contributed by atoms with Crippen LogP contribution in [-0.2, 0) is 22.6 Å². The highest BCUT2D eigenvalue weighted by Crippen LogP contribution is 2.23. The van der Waals surface area contributed by atoms with E-state index in [0.717, 1.165) is 5.56 Å². The highest BCUT2D eigenvalue weighted by atomic mass is 35.5. The highest BCUT2D eigenvalue weighted by Gasteiger charge is 2.29. The van der Waals surface area contributed by atoms with Gasteiger partial charge in [-0.3, -0.25) is 9.59 Å². The summed E-state index contributed by atoms with van der Waals surface area (Å²) < 4.78 is 5.29. The molecule has 5 nitrogen and oxygen atoms in total. The van der Waals surface area contributed by atoms with Gasteiger partial charge in [0, 0.05) is 22.6 Å². The standard InChI is InChI=1S/C23H28Cl2N2O3/c1-5-21(23(29)26-15(2)3)27(14-16-7-6-8-19(11-16)30-4)22(28)12-17-9-10-18(24)13-20(17)25/h6-11,13,15,21H,5,12,14H2,1-4H3,(H,26,29)/t21-/m1/s1. The first-order valence-corrected chi connectivity index (χ1v) is 10.7. The summed E-state index contributed by atoms with van der Waals surface area (Å²) >= 11 is 12.2. The van der Waals surface area contributed by atoms with Gasteiger partial charge in [0.05, 0.1) is 13.5 Å². The lowest BCUT2D eigenvalue weighted by Crippen LogP contribution is -2.50. The molecular formula is C23H28Cl2N2O3. The zero-order valence-electron chi connectivity index (χ0n) is 17.7. The van der Waals surface area contributed by atoms with Gasteiger partial charge in [0.2, 0.25) is 11.8 Å². The van der Waals surface area contributed by atoms with E-state index < -0.39 is 6.04 Å². The summed E-state index contributed by atoms with van der Waals surface area (Å²) in [6.45, 7) is 5.97. The van der Waals surface area contributed by atoms with Crippen molar-refractivity contribution in [3.63, 3.8) is 0 Å². The molecule has 2 rings (SSSR count). The van der Waals surface area contributed by atoms with E-state index in [0.29, 0.717) is 27.8 Å². The van der Waals surface area contributed by atoms with Crippen LogP contribution in [0.2, 0.25) is 10.0 Å². The molecule has 0 spiro atoms. The maximum atomic E-state index is 13.3. The molecule has 0 aromatic heterocycles. The summed E-state index contributed by atoms with van der Waals surface area (Å²) in [5.41, 5.74) is 1.54. The number of methoxy groups -OCH3 is 1. The molecular weight excluding hydrogens is 423 g/mol. The second-order valence-corrected chi connectivity index (χ2v) is 8.22. The Morgan fingerprint density at radius 3 is 2.47 bits per heavy atom. The third-order valence-corrected chi connectivity index (χ3v) is 5.25. The van der Waals surface area contributed by atoms with E-state index in [9.17, 15) is 9.59 Å². The molecule has 0 bridgehead atoms. The molecule has 0 fully saturated rings. The van der Waals surface area contributed by atoms with Crippen molar-refractivity contribution >= 4 is 35.0 Å². The van der Waals surface area contributed by atoms with Gasteiger partial charge in [0.25, 0.3) is 0 Å². The topological polar surface area (TPSA) is 58.6 Å². The quantitative estimate of drug-likeness (QED) is 0.592. The van der Waals surface area contributed by atoms with E-state index in [1.807, 2.05) is 45.0 Å². The molecule has 1 atom stereocenters. The predicted octanol–water partition coefficient (Wildman–Crippen LogP) is 4.88. The van der Waals surface area contributed by atoms with Crippen LogP contribution in [0.4, 0.5) is 0 Å². The number of benzene rings is 2. The van der Waals surface area contributed by atoms with E-state index in [4.69, 9.17) is 27.9 Å². The van der Waals surface area contributed by atoms with Gasteiger partial charge in [-0.15, -0.1) is 0 Å². The Bertz CT molecular complexity index is 887. The lowest BCUT2D eigenvalue weighted by molar-refractivity contribution is -0.141. The maximum absolute atomic E-state index is 13.3. The zero-order valence-corrected chi connectivity index (χ0v) is 19.3. The molecule has 2 aromatic rings. The largest absolute Gasteiger partial charge is 0.497 e. The number of carbonyl (C=O) groups is 2. The van der Waals surface area contributed by atoms with Crippen molar-refractivity contribution in [3.8, 4) is 5.75 Å². The van der Waals surface area contributed by atoms with E-state index in [1.165, 1.54) is 0 Å². The van der Waals surface area contributed by atoms with Crippen LogP contribution in [0.15, 0.2) is 42.5 Å². The van der Waals surface area contributed by atoms with Crippen LogP contribution in [0.1, 0.15) is 38.3 Å². The van der Waals surface area contributed by atoms with Gasteiger partial charge in [-0.25, -0.2) is 0 Å². The van der Waals surface area contributed by atoms with Gasteiger partial charge in [0.15, 0.2) is 0 Å². The minimum Gasteiger partial charge on any atom is -0.497 e. The van der Waals surface area contributed by atoms with Gasteiger partial charge in [-0.2, -0.15) is 0 Å². The fraction of sp³-hybridized carbons (Fsp3) is 0.391. The Labute approximate surface area is 188 Å². The maximum Gasteiger partial charge on any atom is 0.243 e. The molecule has 0 unspecified atom stereocenters. The Balaban J connectivity index is 2.34. The van der Waals surface area contributed by atoms with Crippen LogP contribution < -0.4 is 10.1 Å². The number of ether oxygens (including phenoxy) is 1. The first-order chi connectivity index (χ1) is 14.2. The predicted molar refractivity (Wildman–Crippen MR) is 121 cm³/mol. The third-order valence-electron chi connectivity index (χ3n) is 4.66. The van der Waals surface area contributed by atoms with Gasteiger partial charge in [-0.05, 0) is 55.7 Å². The fourth-order valence-corrected chi connectivity index (χ4v) is 3.67. The van der Waals surface area contributed by atoms with Crippen molar-refractivity contribution in [1.29, 1.82) is 0 Å². The van der Waals surface area contributed by atoms with E-state index in [-0.39, 0.29) is 30.8 Å². The van der Waals surface area contributed by atoms with Crippen molar-refractivity contribution < 1.29 is 14.3 Å². The van der Waals surface area contributed by atoms with Crippen LogP contribution in [-0.4, -0.2) is 35.9 Å². The van der Waals surface area contributed by atoms with Crippen LogP contribution in [0.25, 0.3) is 0 Å². The number of hydrogen-bond donors (Lipinski definition) is 1. The summed E-state index contributed by atoms with van der Waals surface area (Å²) in [5, 5.41) is 3.85. The lowest BCUT2D eigenvalue weighted by Gasteiger charge is -2.31. The number of nitrogens with one attached hydrogen (secondary N) is 1. The molecule has 30 heavy (non-hydrogen) atoms. The van der Waals surface area contributed by atoms with Gasteiger partial charge >= 0.3 is 0 Å². The van der Waals surface area contributed by atoms with Gasteiger partial charge in [-0.1, -0.05) is 48.3 Å². The number of hydrogen-bond acceptors (Lipinski definition) is 3. The Hall–Kier alpha value is -2.24. The van der Waals surface area contributed by atoms with E-state index in [2.05, 4.69) is 5.32 Å². The second kappa shape index (κ2) is 11.2. The van der Waals surface area contributed by atoms with Crippen LogP contribution >= 0.6 is 23.2 Å². The summed E-state index contributed by atoms with van der Waals surface area (Å²) in [4.78, 5) is 27.8. The molecule has 2 aromatic carbocycles. The molecule has 0 aliphatic rings. The Morgan fingerprint density at radius 1 is 1.13 bits per heavy atom. The van der Waals surface area contributed by atoms with Gasteiger partial charge in [0.1, 0.15) is 11.8 Å². The van der Waals surface area contributed by atoms with Crippen molar-refractivity contribution in [2.45, 2.75) is 52.2 Å². The summed E-state index contributed by atoms with van der Waals surface area (Å²) in [7, 11) is 1.59. The third kappa shape index (κ3) is 6.64. The van der Waals surface area contributed by atoms with Crippen LogP contribution in [0.5, 0.6) is 5.75 Å². The van der Waals surface area contributed by atoms with Gasteiger partial charge < -0.3 is 15.0 Å². The summed E-state index contributed by atoms with van der Waals surface area (Å²) in [6.07, 6.45) is 0.564. The molecule has 0 aliphatic carbocycles. The first-order valence-electron chi connectivity index (χ1n) is 9.91. The molecule has 0 aliphatic heterocycles. The molecule has 0 radical (unpaired) electrons.